The van der Waals surface area contributed by atoms with Crippen LogP contribution in [0.5, 0.6) is 11.5 Å². The second-order valence-electron chi connectivity index (χ2n) is 12.7. The van der Waals surface area contributed by atoms with Gasteiger partial charge in [0.1, 0.15) is 12.2 Å². The summed E-state index contributed by atoms with van der Waals surface area (Å²) in [6.07, 6.45) is 4.89. The topological polar surface area (TPSA) is 62.2 Å². The van der Waals surface area contributed by atoms with E-state index < -0.39 is 5.60 Å². The molecular weight excluding hydrogens is 426 g/mol. The third-order valence-corrected chi connectivity index (χ3v) is 9.69. The Kier molecular flexibility index (Phi) is 6.81. The maximum atomic E-state index is 11.8. The Bertz CT molecular complexity index is 887. The first kappa shape index (κ1) is 25.8. The number of fused-ring (bicyclic) bond motifs is 3. The van der Waals surface area contributed by atoms with Gasteiger partial charge in [-0.3, -0.25) is 0 Å². The molecule has 4 rings (SSSR count). The molecule has 2 fully saturated rings. The molecule has 4 unspecified atom stereocenters. The van der Waals surface area contributed by atoms with Crippen molar-refractivity contribution in [1.82, 2.24) is 4.90 Å². The Balaban J connectivity index is 1.80. The number of nitrogens with zero attached hydrogens (tertiary/aromatic N) is 1. The summed E-state index contributed by atoms with van der Waals surface area (Å²) >= 11 is 0. The molecule has 2 aliphatic carbocycles. The van der Waals surface area contributed by atoms with Crippen LogP contribution in [0.2, 0.25) is 0 Å². The van der Waals surface area contributed by atoms with E-state index in [-0.39, 0.29) is 40.6 Å². The van der Waals surface area contributed by atoms with Crippen molar-refractivity contribution in [1.29, 1.82) is 0 Å². The molecule has 1 heterocycles. The van der Waals surface area contributed by atoms with Crippen LogP contribution in [-0.4, -0.2) is 60.2 Å². The molecule has 5 nitrogen and oxygen atoms in total. The quantitative estimate of drug-likeness (QED) is 0.546. The van der Waals surface area contributed by atoms with E-state index in [0.717, 1.165) is 38.3 Å². The van der Waals surface area contributed by atoms with Crippen molar-refractivity contribution in [2.24, 2.45) is 23.2 Å². The van der Waals surface area contributed by atoms with Gasteiger partial charge >= 0.3 is 0 Å². The molecule has 1 aliphatic heterocycles. The average molecular weight is 474 g/mol. The van der Waals surface area contributed by atoms with Crippen LogP contribution in [0.3, 0.4) is 0 Å². The van der Waals surface area contributed by atoms with Gasteiger partial charge in [-0.15, -0.1) is 0 Å². The summed E-state index contributed by atoms with van der Waals surface area (Å²) in [5.74, 6) is 1.90. The van der Waals surface area contributed by atoms with Gasteiger partial charge in [-0.2, -0.15) is 0 Å². The molecular formula is C29H47NO4. The Morgan fingerprint density at radius 1 is 1.21 bits per heavy atom. The molecule has 5 heteroatoms. The van der Waals surface area contributed by atoms with Crippen molar-refractivity contribution < 1.29 is 19.7 Å². The second kappa shape index (κ2) is 8.97. The fraction of sp³-hybridized carbons (Fsp3) is 0.793. The van der Waals surface area contributed by atoms with Gasteiger partial charge in [-0.05, 0) is 81.5 Å². The third kappa shape index (κ3) is 4.06. The average Bonchev–Trinajstić information content (AvgIpc) is 3.50. The number of benzene rings is 1. The number of aromatic hydroxyl groups is 1. The highest BCUT2D eigenvalue weighted by Gasteiger charge is 2.64. The summed E-state index contributed by atoms with van der Waals surface area (Å²) < 4.78 is 12.9. The van der Waals surface area contributed by atoms with Gasteiger partial charge in [0.2, 0.25) is 0 Å². The molecule has 34 heavy (non-hydrogen) atoms. The van der Waals surface area contributed by atoms with E-state index in [1.54, 1.807) is 13.2 Å². The highest BCUT2D eigenvalue weighted by Crippen LogP contribution is 2.61. The largest absolute Gasteiger partial charge is 0.504 e. The lowest BCUT2D eigenvalue weighted by Crippen LogP contribution is -2.64. The van der Waals surface area contributed by atoms with E-state index in [2.05, 4.69) is 52.6 Å². The number of ether oxygens (including phenoxy) is 2. The van der Waals surface area contributed by atoms with Gasteiger partial charge in [-0.25, -0.2) is 0 Å². The van der Waals surface area contributed by atoms with Crippen molar-refractivity contribution in [3.05, 3.63) is 23.3 Å². The van der Waals surface area contributed by atoms with Crippen LogP contribution >= 0.6 is 0 Å². The zero-order chi connectivity index (χ0) is 25.1. The first-order valence-electron chi connectivity index (χ1n) is 13.3. The summed E-state index contributed by atoms with van der Waals surface area (Å²) in [5.41, 5.74) is 0.944. The summed E-state index contributed by atoms with van der Waals surface area (Å²) in [6, 6.07) is 3.85. The smallest absolute Gasteiger partial charge is 0.165 e. The van der Waals surface area contributed by atoms with E-state index in [0.29, 0.717) is 5.75 Å². The maximum absolute atomic E-state index is 11.8. The zero-order valence-corrected chi connectivity index (χ0v) is 22.6. The second-order valence-corrected chi connectivity index (χ2v) is 12.7. The van der Waals surface area contributed by atoms with Crippen LogP contribution in [0, 0.1) is 23.2 Å². The van der Waals surface area contributed by atoms with E-state index in [1.165, 1.54) is 24.0 Å². The molecule has 6 atom stereocenters. The molecule has 0 saturated heterocycles. The summed E-state index contributed by atoms with van der Waals surface area (Å²) in [5, 5.41) is 22.7. The van der Waals surface area contributed by atoms with Gasteiger partial charge in [0.15, 0.2) is 11.5 Å². The Hall–Kier alpha value is -1.30. The number of phenolic OH excluding ortho intramolecular Hbond substituents is 1. The monoisotopic (exact) mass is 473 g/mol. The van der Waals surface area contributed by atoms with Crippen molar-refractivity contribution in [2.75, 3.05) is 27.2 Å². The zero-order valence-electron chi connectivity index (χ0n) is 22.6. The van der Waals surface area contributed by atoms with Crippen LogP contribution in [0.25, 0.3) is 0 Å². The molecule has 0 radical (unpaired) electrons. The maximum Gasteiger partial charge on any atom is 0.165 e. The molecule has 2 N–H and O–H groups in total. The highest BCUT2D eigenvalue weighted by atomic mass is 16.5. The summed E-state index contributed by atoms with van der Waals surface area (Å²) in [7, 11) is 3.99. The minimum absolute atomic E-state index is 0.0728. The number of hydrogen-bond acceptors (Lipinski definition) is 5. The Labute approximate surface area is 206 Å². The number of aryl methyl sites for hydroxylation is 1. The van der Waals surface area contributed by atoms with E-state index in [9.17, 15) is 10.2 Å². The normalized spacial score (nSPS) is 32.8. The van der Waals surface area contributed by atoms with Gasteiger partial charge in [0, 0.05) is 30.6 Å². The number of methoxy groups -OCH3 is 1. The Morgan fingerprint density at radius 3 is 2.44 bits per heavy atom. The summed E-state index contributed by atoms with van der Waals surface area (Å²) in [4.78, 5) is 2.47. The van der Waals surface area contributed by atoms with E-state index >= 15 is 0 Å². The van der Waals surface area contributed by atoms with Gasteiger partial charge in [0.05, 0.1) is 5.60 Å². The number of hydrogen-bond donors (Lipinski definition) is 2. The summed E-state index contributed by atoms with van der Waals surface area (Å²) in [6.45, 7) is 14.9. The molecule has 0 aromatic heterocycles. The first-order valence-corrected chi connectivity index (χ1v) is 13.3. The van der Waals surface area contributed by atoms with Crippen LogP contribution in [0.1, 0.15) is 78.4 Å². The van der Waals surface area contributed by atoms with Gasteiger partial charge in [-0.1, -0.05) is 40.7 Å². The lowest BCUT2D eigenvalue weighted by Gasteiger charge is -2.56. The van der Waals surface area contributed by atoms with Crippen molar-refractivity contribution in [3.8, 4) is 11.5 Å². The highest BCUT2D eigenvalue weighted by molar-refractivity contribution is 5.58. The van der Waals surface area contributed by atoms with Crippen LogP contribution in [0.15, 0.2) is 12.1 Å². The lowest BCUT2D eigenvalue weighted by atomic mass is 9.52. The van der Waals surface area contributed by atoms with Crippen molar-refractivity contribution in [3.63, 3.8) is 0 Å². The van der Waals surface area contributed by atoms with Crippen molar-refractivity contribution in [2.45, 2.75) is 96.9 Å². The van der Waals surface area contributed by atoms with E-state index in [4.69, 9.17) is 9.47 Å². The molecule has 1 aromatic rings. The Morgan fingerprint density at radius 2 is 1.88 bits per heavy atom. The number of aliphatic hydroxyl groups is 1. The van der Waals surface area contributed by atoms with Crippen LogP contribution in [-0.2, 0) is 16.6 Å². The first-order chi connectivity index (χ1) is 15.9. The lowest BCUT2D eigenvalue weighted by molar-refractivity contribution is -0.190. The molecule has 3 aliphatic rings. The number of phenols is 1. The number of rotatable bonds is 8. The molecule has 192 valence electrons. The van der Waals surface area contributed by atoms with Gasteiger partial charge in [0.25, 0.3) is 0 Å². The molecule has 1 aromatic carbocycles. The molecule has 0 amide bonds. The van der Waals surface area contributed by atoms with Gasteiger partial charge < -0.3 is 24.6 Å². The van der Waals surface area contributed by atoms with Crippen molar-refractivity contribution >= 4 is 0 Å². The fourth-order valence-electron chi connectivity index (χ4n) is 6.85. The standard InChI is InChI=1S/C29H47NO4/c1-9-20-12-13-22(31)25-23(20)29(14-15-30(7)17-19-10-11-19)18(2)16-21(24(33-8)26(29)34-25)28(6,32)27(3,4)5/h12-13,18-19,21,24,26,31-32H,9-11,14-17H2,1-8H3/t18?,21-,24?,26-,28?,29?/m0/s1. The van der Waals surface area contributed by atoms with Crippen LogP contribution < -0.4 is 4.74 Å². The SMILES string of the molecule is CCc1ccc(O)c2c1C1(CCN(C)CC3CC3)C(C)C[C@H](C(C)(O)C(C)(C)C)C(OC)[C@@H]1O2. The molecule has 0 bridgehead atoms. The molecule has 2 saturated carbocycles. The third-order valence-electron chi connectivity index (χ3n) is 9.69. The van der Waals surface area contributed by atoms with Crippen LogP contribution in [0.4, 0.5) is 0 Å². The minimum atomic E-state index is -0.926. The minimum Gasteiger partial charge on any atom is -0.504 e. The fourth-order valence-corrected chi connectivity index (χ4v) is 6.85. The predicted molar refractivity (Wildman–Crippen MR) is 137 cm³/mol. The predicted octanol–water partition coefficient (Wildman–Crippen LogP) is 5.15. The molecule has 0 spiro atoms. The van der Waals surface area contributed by atoms with E-state index in [1.807, 2.05) is 6.92 Å².